The molecule has 6 heteroatoms. The zero-order chi connectivity index (χ0) is 16.4. The Balaban J connectivity index is 1.47. The molecule has 0 bridgehead atoms. The van der Waals surface area contributed by atoms with Crippen molar-refractivity contribution in [3.8, 4) is 0 Å². The maximum atomic E-state index is 13.1. The topological polar surface area (TPSA) is 49.3 Å². The van der Waals surface area contributed by atoms with Crippen LogP contribution in [0.1, 0.15) is 36.6 Å². The summed E-state index contributed by atoms with van der Waals surface area (Å²) in [6, 6.07) is 6.34. The lowest BCUT2D eigenvalue weighted by Gasteiger charge is -2.35. The molecule has 2 aromatic heterocycles. The Morgan fingerprint density at radius 2 is 1.96 bits per heavy atom. The Kier molecular flexibility index (Phi) is 4.47. The highest BCUT2D eigenvalue weighted by molar-refractivity contribution is 7.10. The Hall–Kier alpha value is -1.95. The number of thiophene rings is 1. The van der Waals surface area contributed by atoms with E-state index in [9.17, 15) is 4.79 Å². The maximum absolute atomic E-state index is 13.1. The lowest BCUT2D eigenvalue weighted by atomic mass is 9.96. The van der Waals surface area contributed by atoms with Crippen molar-refractivity contribution in [2.45, 2.75) is 31.7 Å². The molecule has 0 aromatic carbocycles. The van der Waals surface area contributed by atoms with Gasteiger partial charge in [0.05, 0.1) is 12.0 Å². The van der Waals surface area contributed by atoms with Gasteiger partial charge in [-0.15, -0.1) is 11.3 Å². The number of carbonyl (C=O) groups is 1. The van der Waals surface area contributed by atoms with Crippen LogP contribution in [0.3, 0.4) is 0 Å². The summed E-state index contributed by atoms with van der Waals surface area (Å²) in [6.07, 6.45) is 7.71. The van der Waals surface area contributed by atoms with Gasteiger partial charge in [0.2, 0.25) is 11.9 Å². The number of anilines is 1. The number of aromatic nitrogens is 2. The van der Waals surface area contributed by atoms with Crippen LogP contribution >= 0.6 is 11.3 Å². The van der Waals surface area contributed by atoms with Gasteiger partial charge in [-0.05, 0) is 43.2 Å². The van der Waals surface area contributed by atoms with Crippen molar-refractivity contribution in [1.82, 2.24) is 14.9 Å². The summed E-state index contributed by atoms with van der Waals surface area (Å²) in [5.41, 5.74) is 0. The van der Waals surface area contributed by atoms with Gasteiger partial charge in [0.25, 0.3) is 0 Å². The van der Waals surface area contributed by atoms with Crippen LogP contribution in [-0.4, -0.2) is 40.4 Å². The molecule has 126 valence electrons. The number of amides is 1. The van der Waals surface area contributed by atoms with Gasteiger partial charge >= 0.3 is 0 Å². The monoisotopic (exact) mass is 342 g/mol. The van der Waals surface area contributed by atoms with Gasteiger partial charge in [-0.25, -0.2) is 9.97 Å². The molecule has 4 heterocycles. The van der Waals surface area contributed by atoms with Gasteiger partial charge in [0.1, 0.15) is 0 Å². The largest absolute Gasteiger partial charge is 0.340 e. The molecule has 5 nitrogen and oxygen atoms in total. The number of carbonyl (C=O) groups excluding carboxylic acids is 1. The summed E-state index contributed by atoms with van der Waals surface area (Å²) in [7, 11) is 0. The third-order valence-electron chi connectivity index (χ3n) is 5.01. The van der Waals surface area contributed by atoms with Crippen LogP contribution in [-0.2, 0) is 4.79 Å². The second-order valence-electron chi connectivity index (χ2n) is 6.54. The molecule has 0 N–H and O–H groups in total. The van der Waals surface area contributed by atoms with Crippen molar-refractivity contribution in [2.75, 3.05) is 24.5 Å². The fourth-order valence-electron chi connectivity index (χ4n) is 3.86. The zero-order valence-electron chi connectivity index (χ0n) is 13.7. The number of nitrogens with zero attached hydrogens (tertiary/aromatic N) is 4. The minimum Gasteiger partial charge on any atom is -0.340 e. The average molecular weight is 342 g/mol. The predicted octanol–water partition coefficient (Wildman–Crippen LogP) is 3.12. The lowest BCUT2D eigenvalue weighted by Crippen LogP contribution is -2.45. The van der Waals surface area contributed by atoms with Crippen molar-refractivity contribution in [1.29, 1.82) is 0 Å². The molecule has 0 spiro atoms. The van der Waals surface area contributed by atoms with E-state index in [1.165, 1.54) is 4.88 Å². The normalized spacial score (nSPS) is 24.3. The molecule has 4 rings (SSSR count). The number of rotatable bonds is 3. The van der Waals surface area contributed by atoms with E-state index in [1.54, 1.807) is 23.7 Å². The van der Waals surface area contributed by atoms with E-state index in [1.807, 2.05) is 6.07 Å². The van der Waals surface area contributed by atoms with Crippen molar-refractivity contribution < 1.29 is 4.79 Å². The second kappa shape index (κ2) is 6.89. The first-order chi connectivity index (χ1) is 11.8. The molecular weight excluding hydrogens is 320 g/mol. The van der Waals surface area contributed by atoms with Crippen LogP contribution in [0.2, 0.25) is 0 Å². The van der Waals surface area contributed by atoms with Crippen LogP contribution in [0.15, 0.2) is 36.0 Å². The van der Waals surface area contributed by atoms with Crippen LogP contribution in [0.25, 0.3) is 0 Å². The van der Waals surface area contributed by atoms with E-state index in [0.29, 0.717) is 5.91 Å². The third-order valence-corrected chi connectivity index (χ3v) is 5.99. The molecule has 0 saturated carbocycles. The SMILES string of the molecule is O=C([C@@H]1CCCN(c2ncccn2)C1)N1CCC[C@H]1c1cccs1. The van der Waals surface area contributed by atoms with E-state index in [0.717, 1.165) is 51.3 Å². The van der Waals surface area contributed by atoms with Crippen molar-refractivity contribution in [3.63, 3.8) is 0 Å². The molecule has 2 saturated heterocycles. The summed E-state index contributed by atoms with van der Waals surface area (Å²) in [4.78, 5) is 27.4. The number of hydrogen-bond acceptors (Lipinski definition) is 5. The molecule has 0 radical (unpaired) electrons. The molecule has 0 unspecified atom stereocenters. The van der Waals surface area contributed by atoms with Crippen LogP contribution in [0.4, 0.5) is 5.95 Å². The molecule has 24 heavy (non-hydrogen) atoms. The first-order valence-corrected chi connectivity index (χ1v) is 9.57. The Morgan fingerprint density at radius 3 is 2.75 bits per heavy atom. The van der Waals surface area contributed by atoms with Gasteiger partial charge in [0, 0.05) is 36.9 Å². The van der Waals surface area contributed by atoms with Crippen LogP contribution < -0.4 is 4.90 Å². The molecule has 2 aliphatic heterocycles. The minimum atomic E-state index is 0.0584. The van der Waals surface area contributed by atoms with E-state index in [2.05, 4.69) is 37.3 Å². The first kappa shape index (κ1) is 15.6. The summed E-state index contributed by atoms with van der Waals surface area (Å²) in [5, 5.41) is 2.10. The fourth-order valence-corrected chi connectivity index (χ4v) is 4.73. The van der Waals surface area contributed by atoms with Crippen molar-refractivity contribution in [3.05, 3.63) is 40.8 Å². The standard InChI is InChI=1S/C18H22N4OS/c23-17(22-11-2-6-15(22)16-7-3-12-24-16)14-5-1-10-21(13-14)18-19-8-4-9-20-18/h3-4,7-9,12,14-15H,1-2,5-6,10-11,13H2/t14-,15+/m1/s1. The Bertz CT molecular complexity index is 676. The van der Waals surface area contributed by atoms with Crippen molar-refractivity contribution in [2.24, 2.45) is 5.92 Å². The molecule has 2 atom stereocenters. The summed E-state index contributed by atoms with van der Waals surface area (Å²) < 4.78 is 0. The summed E-state index contributed by atoms with van der Waals surface area (Å²) in [6.45, 7) is 2.55. The maximum Gasteiger partial charge on any atom is 0.228 e. The minimum absolute atomic E-state index is 0.0584. The average Bonchev–Trinajstić information content (AvgIpc) is 3.33. The predicted molar refractivity (Wildman–Crippen MR) is 95.0 cm³/mol. The highest BCUT2D eigenvalue weighted by atomic mass is 32.1. The summed E-state index contributed by atoms with van der Waals surface area (Å²) in [5.74, 6) is 1.11. The third kappa shape index (κ3) is 3.02. The van der Waals surface area contributed by atoms with Crippen LogP contribution in [0.5, 0.6) is 0 Å². The second-order valence-corrected chi connectivity index (χ2v) is 7.52. The number of likely N-dealkylation sites (tertiary alicyclic amines) is 1. The summed E-state index contributed by atoms with van der Waals surface area (Å²) >= 11 is 1.76. The molecule has 1 amide bonds. The quantitative estimate of drug-likeness (QED) is 0.860. The highest BCUT2D eigenvalue weighted by Gasteiger charge is 2.36. The Labute approximate surface area is 146 Å². The zero-order valence-corrected chi connectivity index (χ0v) is 14.5. The van der Waals surface area contributed by atoms with E-state index in [4.69, 9.17) is 0 Å². The smallest absolute Gasteiger partial charge is 0.228 e. The molecule has 2 fully saturated rings. The lowest BCUT2D eigenvalue weighted by molar-refractivity contribution is -0.136. The van der Waals surface area contributed by atoms with Gasteiger partial charge < -0.3 is 9.80 Å². The van der Waals surface area contributed by atoms with Crippen LogP contribution in [0, 0.1) is 5.92 Å². The first-order valence-electron chi connectivity index (χ1n) is 8.69. The van der Waals surface area contributed by atoms with E-state index in [-0.39, 0.29) is 12.0 Å². The highest BCUT2D eigenvalue weighted by Crippen LogP contribution is 2.36. The van der Waals surface area contributed by atoms with Crippen molar-refractivity contribution >= 4 is 23.2 Å². The van der Waals surface area contributed by atoms with Gasteiger partial charge in [-0.1, -0.05) is 6.07 Å². The molecule has 2 aromatic rings. The van der Waals surface area contributed by atoms with Gasteiger partial charge in [-0.2, -0.15) is 0 Å². The van der Waals surface area contributed by atoms with Gasteiger partial charge in [-0.3, -0.25) is 4.79 Å². The number of hydrogen-bond donors (Lipinski definition) is 0. The Morgan fingerprint density at radius 1 is 1.12 bits per heavy atom. The van der Waals surface area contributed by atoms with E-state index < -0.39 is 0 Å². The van der Waals surface area contributed by atoms with Gasteiger partial charge in [0.15, 0.2) is 0 Å². The molecule has 0 aliphatic carbocycles. The molecular formula is C18H22N4OS. The molecule has 2 aliphatic rings. The number of piperidine rings is 1. The van der Waals surface area contributed by atoms with E-state index >= 15 is 0 Å². The fraction of sp³-hybridized carbons (Fsp3) is 0.500.